The number of fused-ring (bicyclic) bond motifs is 16. The van der Waals surface area contributed by atoms with Crippen LogP contribution in [0.2, 0.25) is 0 Å². The summed E-state index contributed by atoms with van der Waals surface area (Å²) in [5, 5.41) is 0. The van der Waals surface area contributed by atoms with Gasteiger partial charge in [-0.25, -0.2) is 0 Å². The minimum atomic E-state index is -0.263. The lowest BCUT2D eigenvalue weighted by molar-refractivity contribution is 0.660. The van der Waals surface area contributed by atoms with Gasteiger partial charge in [0.1, 0.15) is 0 Å². The molecular weight excluding hydrogens is 1130 g/mol. The molecule has 4 aliphatic carbocycles. The van der Waals surface area contributed by atoms with Crippen LogP contribution in [0.1, 0.15) is 97.3 Å². The van der Waals surface area contributed by atoms with Crippen LogP contribution in [0.5, 0.6) is 0 Å². The highest BCUT2D eigenvalue weighted by Gasteiger charge is 2.51. The van der Waals surface area contributed by atoms with Crippen LogP contribution in [0, 0.1) is 34.6 Å². The summed E-state index contributed by atoms with van der Waals surface area (Å²) in [5.74, 6) is 0. The maximum Gasteiger partial charge on any atom is 0.0725 e. The molecule has 0 aliphatic heterocycles. The summed E-state index contributed by atoms with van der Waals surface area (Å²) < 4.78 is 0. The first-order valence-corrected chi connectivity index (χ1v) is 33.1. The van der Waals surface area contributed by atoms with E-state index in [1.807, 2.05) is 12.1 Å². The van der Waals surface area contributed by atoms with Gasteiger partial charge in [-0.2, -0.15) is 0 Å². The second-order valence-corrected chi connectivity index (χ2v) is 26.1. The number of rotatable bonds is 4. The summed E-state index contributed by atoms with van der Waals surface area (Å²) in [7, 11) is 0. The lowest BCUT2D eigenvalue weighted by atomic mass is 9.67. The van der Waals surface area contributed by atoms with Crippen LogP contribution in [-0.2, 0) is 16.2 Å². The molecule has 0 N–H and O–H groups in total. The quantitative estimate of drug-likeness (QED) is 0.165. The minimum Gasteiger partial charge on any atom is -0.0622 e. The van der Waals surface area contributed by atoms with Crippen LogP contribution in [0.3, 0.4) is 0 Å². The third-order valence-electron chi connectivity index (χ3n) is 19.9. The third-order valence-corrected chi connectivity index (χ3v) is 19.9. The topological polar surface area (TPSA) is 0 Å². The lowest BCUT2D eigenvalue weighted by Gasteiger charge is -2.34. The summed E-state index contributed by atoms with van der Waals surface area (Å²) in [4.78, 5) is 0. The van der Waals surface area contributed by atoms with Gasteiger partial charge in [-0.3, -0.25) is 0 Å². The fourth-order valence-corrected chi connectivity index (χ4v) is 15.6. The number of hydrogen-bond acceptors (Lipinski definition) is 0. The van der Waals surface area contributed by atoms with Gasteiger partial charge >= 0.3 is 0 Å². The molecular formula is C94H78. The van der Waals surface area contributed by atoms with Gasteiger partial charge < -0.3 is 0 Å². The van der Waals surface area contributed by atoms with Gasteiger partial charge in [-0.15, -0.1) is 0 Å². The lowest BCUT2D eigenvalue weighted by Crippen LogP contribution is -2.28. The molecule has 1 spiro atoms. The van der Waals surface area contributed by atoms with Crippen molar-refractivity contribution in [1.29, 1.82) is 0 Å². The van der Waals surface area contributed by atoms with Crippen LogP contribution in [0.4, 0.5) is 0 Å². The normalized spacial score (nSPS) is 13.3. The fraction of sp³-hybridized carbons (Fsp3) is 0.106. The molecule has 0 amide bonds. The zero-order valence-corrected chi connectivity index (χ0v) is 54.9. The van der Waals surface area contributed by atoms with Crippen molar-refractivity contribution in [2.75, 3.05) is 0 Å². The van der Waals surface area contributed by atoms with E-state index in [-0.39, 0.29) is 16.2 Å². The summed E-state index contributed by atoms with van der Waals surface area (Å²) >= 11 is 0. The Bertz CT molecular complexity index is 4820. The molecule has 0 saturated heterocycles. The molecule has 0 heteroatoms. The maximum atomic E-state index is 2.40. The third kappa shape index (κ3) is 10.7. The Kier molecular flexibility index (Phi) is 16.5. The van der Waals surface area contributed by atoms with E-state index in [0.717, 1.165) is 0 Å². The van der Waals surface area contributed by atoms with Crippen molar-refractivity contribution in [2.45, 2.75) is 64.7 Å². The molecule has 14 aromatic carbocycles. The highest BCUT2D eigenvalue weighted by atomic mass is 14.5. The average Bonchev–Trinajstić information content (AvgIpc) is 1.52. The Labute approximate surface area is 557 Å². The van der Waals surface area contributed by atoms with Gasteiger partial charge in [0.2, 0.25) is 0 Å². The van der Waals surface area contributed by atoms with Crippen LogP contribution in [0.15, 0.2) is 346 Å². The number of hydrogen-bond donors (Lipinski definition) is 0. The second-order valence-electron chi connectivity index (χ2n) is 26.1. The molecule has 4 aliphatic rings. The predicted molar refractivity (Wildman–Crippen MR) is 398 cm³/mol. The van der Waals surface area contributed by atoms with Gasteiger partial charge in [0.05, 0.1) is 10.8 Å². The van der Waals surface area contributed by atoms with E-state index in [0.29, 0.717) is 0 Å². The van der Waals surface area contributed by atoms with Gasteiger partial charge in [0.25, 0.3) is 0 Å². The van der Waals surface area contributed by atoms with Crippen molar-refractivity contribution in [3.05, 3.63) is 429 Å². The Morgan fingerprint density at radius 1 is 0.181 bits per heavy atom. The molecule has 0 saturated carbocycles. The van der Waals surface area contributed by atoms with E-state index >= 15 is 0 Å². The largest absolute Gasteiger partial charge is 0.0725 e. The maximum absolute atomic E-state index is 2.40. The van der Waals surface area contributed by atoms with Crippen molar-refractivity contribution < 1.29 is 0 Å². The fourth-order valence-electron chi connectivity index (χ4n) is 15.6. The summed E-state index contributed by atoms with van der Waals surface area (Å²) in [6.45, 7) is 15.4. The smallest absolute Gasteiger partial charge is 0.0622 e. The SMILES string of the molecule is Cc1ccc2c(c1)C(C)(C)c1ccccc1-2.Cc1ccc2c(c1)C(c1ccccc1)(c1ccccc1)c1ccccc1-2.Cc1ccc2c(c1)C1(c3ccccc3-c3ccccc31)c1ccccc1-2.Cc1cccc(-c2ccccc2)c1.Cc1ccccc1-c1ccccc1. The van der Waals surface area contributed by atoms with Gasteiger partial charge in [0, 0.05) is 5.41 Å². The highest BCUT2D eigenvalue weighted by molar-refractivity contribution is 5.95. The zero-order chi connectivity index (χ0) is 64.4. The van der Waals surface area contributed by atoms with E-state index < -0.39 is 0 Å². The van der Waals surface area contributed by atoms with Gasteiger partial charge in [0.15, 0.2) is 0 Å². The van der Waals surface area contributed by atoms with Crippen molar-refractivity contribution >= 4 is 0 Å². The minimum absolute atomic E-state index is 0.151. The Balaban J connectivity index is 0.000000105. The molecule has 0 bridgehead atoms. The molecule has 0 radical (unpaired) electrons. The molecule has 14 aromatic rings. The van der Waals surface area contributed by atoms with Crippen molar-refractivity contribution in [2.24, 2.45) is 0 Å². The number of aryl methyl sites for hydroxylation is 5. The van der Waals surface area contributed by atoms with Gasteiger partial charge in [-0.05, 0) is 163 Å². The van der Waals surface area contributed by atoms with Crippen LogP contribution in [-0.4, -0.2) is 0 Å². The van der Waals surface area contributed by atoms with Crippen molar-refractivity contribution in [3.8, 4) is 66.8 Å². The molecule has 0 heterocycles. The van der Waals surface area contributed by atoms with E-state index in [4.69, 9.17) is 0 Å². The Morgan fingerprint density at radius 3 is 0.915 bits per heavy atom. The first-order valence-electron chi connectivity index (χ1n) is 33.1. The molecule has 454 valence electrons. The van der Waals surface area contributed by atoms with Crippen molar-refractivity contribution in [1.82, 2.24) is 0 Å². The summed E-state index contributed by atoms with van der Waals surface area (Å²) in [5.41, 5.74) is 36.5. The molecule has 0 fully saturated rings. The summed E-state index contributed by atoms with van der Waals surface area (Å²) in [6.07, 6.45) is 0. The molecule has 0 atom stereocenters. The number of benzene rings is 14. The Morgan fingerprint density at radius 2 is 0.479 bits per heavy atom. The molecule has 18 rings (SSSR count). The first kappa shape index (κ1) is 60.6. The van der Waals surface area contributed by atoms with E-state index in [1.54, 1.807) is 0 Å². The molecule has 0 nitrogen and oxygen atoms in total. The zero-order valence-electron chi connectivity index (χ0n) is 54.9. The van der Waals surface area contributed by atoms with Gasteiger partial charge in [-0.1, -0.05) is 382 Å². The average molecular weight is 1210 g/mol. The summed E-state index contributed by atoms with van der Waals surface area (Å²) in [6, 6.07) is 125. The van der Waals surface area contributed by atoms with E-state index in [9.17, 15) is 0 Å². The predicted octanol–water partition coefficient (Wildman–Crippen LogP) is 24.3. The van der Waals surface area contributed by atoms with Crippen LogP contribution in [0.25, 0.3) is 66.8 Å². The molecule has 0 aromatic heterocycles. The highest BCUT2D eigenvalue weighted by Crippen LogP contribution is 2.63. The second kappa shape index (κ2) is 25.6. The monoisotopic (exact) mass is 1210 g/mol. The van der Waals surface area contributed by atoms with E-state index in [2.05, 4.69) is 382 Å². The van der Waals surface area contributed by atoms with E-state index in [1.165, 1.54) is 150 Å². The van der Waals surface area contributed by atoms with Crippen LogP contribution >= 0.6 is 0 Å². The standard InChI is InChI=1S/C26H18.C26H20.C16H16.2C13H12/c1-17-14-15-21-20-10-4-7-13-24(20)26(25(21)16-17)22-11-5-2-8-18(22)19-9-3-6-12-23(19)26;1-19-16-17-23-22-14-8-9-15-24(22)26(25(23)18-19,20-10-4-2-5-11-20)21-12-6-3-7-13-21;1-11-8-9-13-12-6-4-5-7-14(12)16(2,3)15(13)10-11;1-11-7-5-6-10-13(11)12-8-3-2-4-9-12;1-11-6-5-9-13(10-11)12-7-3-2-4-8-12/h2-16H,1H3;2-18H,1H3;4-10H,1-3H3;2*2-10H,1H3. The Hall–Kier alpha value is -10.9. The first-order chi connectivity index (χ1) is 46.0. The molecule has 0 unspecified atom stereocenters. The van der Waals surface area contributed by atoms with Crippen LogP contribution < -0.4 is 0 Å². The molecule has 94 heavy (non-hydrogen) atoms. The van der Waals surface area contributed by atoms with Crippen molar-refractivity contribution in [3.63, 3.8) is 0 Å².